The van der Waals surface area contributed by atoms with E-state index in [2.05, 4.69) is 37.0 Å². The van der Waals surface area contributed by atoms with Crippen LogP contribution in [0.25, 0.3) is 0 Å². The second-order valence-corrected chi connectivity index (χ2v) is 5.78. The Labute approximate surface area is 108 Å². The van der Waals surface area contributed by atoms with Crippen LogP contribution < -0.4 is 0 Å². The van der Waals surface area contributed by atoms with Gasteiger partial charge in [0.2, 0.25) is 0 Å². The summed E-state index contributed by atoms with van der Waals surface area (Å²) >= 11 is 0. The Morgan fingerprint density at radius 3 is 2.67 bits per heavy atom. The second kappa shape index (κ2) is 3.81. The van der Waals surface area contributed by atoms with Crippen molar-refractivity contribution in [2.45, 2.75) is 26.2 Å². The Morgan fingerprint density at radius 2 is 2.00 bits per heavy atom. The van der Waals surface area contributed by atoms with Crippen LogP contribution in [0.3, 0.4) is 0 Å². The van der Waals surface area contributed by atoms with E-state index < -0.39 is 0 Å². The fraction of sp³-hybridized carbons (Fsp3) is 0.375. The minimum atomic E-state index is 0.254. The number of hydrogen-bond donors (Lipinski definition) is 0. The van der Waals surface area contributed by atoms with Gasteiger partial charge in [0.05, 0.1) is 18.2 Å². The summed E-state index contributed by atoms with van der Waals surface area (Å²) in [4.78, 5) is 4.42. The van der Waals surface area contributed by atoms with Crippen molar-refractivity contribution in [3.63, 3.8) is 0 Å². The third-order valence-electron chi connectivity index (χ3n) is 4.18. The van der Waals surface area contributed by atoms with Gasteiger partial charge in [-0.15, -0.1) is 0 Å². The smallest absolute Gasteiger partial charge is 0.0991 e. The molecule has 0 amide bonds. The molecule has 0 fully saturated rings. The predicted molar refractivity (Wildman–Crippen MR) is 72.7 cm³/mol. The molecule has 1 heterocycles. The largest absolute Gasteiger partial charge is 0.288 e. The van der Waals surface area contributed by atoms with Crippen molar-refractivity contribution in [2.75, 3.05) is 6.54 Å². The molecule has 0 spiro atoms. The van der Waals surface area contributed by atoms with Crippen molar-refractivity contribution in [3.8, 4) is 6.07 Å². The summed E-state index contributed by atoms with van der Waals surface area (Å²) < 4.78 is 0. The monoisotopic (exact) mass is 236 g/mol. The summed E-state index contributed by atoms with van der Waals surface area (Å²) in [6.45, 7) is 5.48. The summed E-state index contributed by atoms with van der Waals surface area (Å²) in [5.41, 5.74) is 5.19. The Kier molecular flexibility index (Phi) is 2.38. The van der Waals surface area contributed by atoms with Gasteiger partial charge in [0.1, 0.15) is 0 Å². The van der Waals surface area contributed by atoms with Crippen LogP contribution in [0, 0.1) is 16.7 Å². The summed E-state index contributed by atoms with van der Waals surface area (Å²) in [7, 11) is 0. The van der Waals surface area contributed by atoms with E-state index in [1.807, 2.05) is 18.3 Å². The van der Waals surface area contributed by atoms with E-state index in [1.165, 1.54) is 16.7 Å². The highest BCUT2D eigenvalue weighted by Gasteiger charge is 2.40. The SMILES string of the molecule is CC1(C)CC(c2ccc(C#N)cc2)C2=C1CN=C2. The number of hydrogen-bond acceptors (Lipinski definition) is 2. The Bertz CT molecular complexity index is 583. The molecule has 1 aliphatic carbocycles. The van der Waals surface area contributed by atoms with E-state index in [0.717, 1.165) is 18.5 Å². The third kappa shape index (κ3) is 1.59. The van der Waals surface area contributed by atoms with Crippen LogP contribution in [0.2, 0.25) is 0 Å². The van der Waals surface area contributed by atoms with Gasteiger partial charge in [-0.25, -0.2) is 0 Å². The summed E-state index contributed by atoms with van der Waals surface area (Å²) in [6.07, 6.45) is 3.20. The summed E-state index contributed by atoms with van der Waals surface area (Å²) in [5.74, 6) is 0.453. The number of aliphatic imine (C=N–C) groups is 1. The first-order valence-electron chi connectivity index (χ1n) is 6.35. The first kappa shape index (κ1) is 11.2. The molecule has 1 atom stereocenters. The van der Waals surface area contributed by atoms with E-state index in [0.29, 0.717) is 5.92 Å². The van der Waals surface area contributed by atoms with Gasteiger partial charge in [-0.1, -0.05) is 26.0 Å². The van der Waals surface area contributed by atoms with Crippen LogP contribution in [0.5, 0.6) is 0 Å². The highest BCUT2D eigenvalue weighted by atomic mass is 14.8. The Morgan fingerprint density at radius 1 is 1.28 bits per heavy atom. The molecule has 1 unspecified atom stereocenters. The standard InChI is InChI=1S/C16H16N2/c1-16(2)7-13(14-9-18-10-15(14)16)12-5-3-11(8-17)4-6-12/h3-6,9,13H,7,10H2,1-2H3. The van der Waals surface area contributed by atoms with Crippen molar-refractivity contribution >= 4 is 6.21 Å². The maximum atomic E-state index is 8.85. The summed E-state index contributed by atoms with van der Waals surface area (Å²) in [6, 6.07) is 10.2. The van der Waals surface area contributed by atoms with Crippen molar-refractivity contribution in [1.82, 2.24) is 0 Å². The number of benzene rings is 1. The number of allylic oxidation sites excluding steroid dienone is 1. The van der Waals surface area contributed by atoms with Crippen LogP contribution in [0.4, 0.5) is 0 Å². The third-order valence-corrected chi connectivity index (χ3v) is 4.18. The van der Waals surface area contributed by atoms with Crippen molar-refractivity contribution in [3.05, 3.63) is 46.5 Å². The van der Waals surface area contributed by atoms with Crippen LogP contribution in [-0.2, 0) is 0 Å². The Balaban J connectivity index is 1.99. The molecule has 0 saturated heterocycles. The normalized spacial score (nSPS) is 24.2. The molecule has 0 N–H and O–H groups in total. The van der Waals surface area contributed by atoms with Crippen molar-refractivity contribution in [1.29, 1.82) is 5.26 Å². The lowest BCUT2D eigenvalue weighted by Crippen LogP contribution is -2.12. The molecule has 3 rings (SSSR count). The molecule has 18 heavy (non-hydrogen) atoms. The molecule has 0 radical (unpaired) electrons. The maximum absolute atomic E-state index is 8.85. The molecule has 2 nitrogen and oxygen atoms in total. The van der Waals surface area contributed by atoms with Gasteiger partial charge in [0, 0.05) is 12.1 Å². The fourth-order valence-corrected chi connectivity index (χ4v) is 3.14. The molecular weight excluding hydrogens is 220 g/mol. The zero-order valence-electron chi connectivity index (χ0n) is 10.8. The van der Waals surface area contributed by atoms with Crippen LogP contribution in [0.1, 0.15) is 37.3 Å². The molecule has 1 aromatic carbocycles. The molecule has 1 aliphatic heterocycles. The number of nitriles is 1. The number of nitrogens with zero attached hydrogens (tertiary/aromatic N) is 2. The van der Waals surface area contributed by atoms with Crippen molar-refractivity contribution < 1.29 is 0 Å². The van der Waals surface area contributed by atoms with Crippen LogP contribution in [0.15, 0.2) is 40.4 Å². The van der Waals surface area contributed by atoms with E-state index >= 15 is 0 Å². The zero-order valence-corrected chi connectivity index (χ0v) is 10.8. The molecule has 2 heteroatoms. The highest BCUT2D eigenvalue weighted by Crippen LogP contribution is 2.51. The van der Waals surface area contributed by atoms with Crippen LogP contribution in [-0.4, -0.2) is 12.8 Å². The molecule has 1 aromatic rings. The van der Waals surface area contributed by atoms with Gasteiger partial charge in [-0.2, -0.15) is 5.26 Å². The van der Waals surface area contributed by atoms with Gasteiger partial charge in [0.25, 0.3) is 0 Å². The van der Waals surface area contributed by atoms with E-state index in [9.17, 15) is 0 Å². The van der Waals surface area contributed by atoms with Gasteiger partial charge in [0.15, 0.2) is 0 Å². The Hall–Kier alpha value is -1.88. The lowest BCUT2D eigenvalue weighted by atomic mass is 9.83. The first-order chi connectivity index (χ1) is 8.62. The lowest BCUT2D eigenvalue weighted by molar-refractivity contribution is 0.419. The molecular formula is C16H16N2. The molecule has 90 valence electrons. The number of rotatable bonds is 1. The van der Waals surface area contributed by atoms with E-state index in [4.69, 9.17) is 5.26 Å². The molecule has 0 saturated carbocycles. The van der Waals surface area contributed by atoms with Gasteiger partial charge in [-0.05, 0) is 40.7 Å². The maximum Gasteiger partial charge on any atom is 0.0991 e. The highest BCUT2D eigenvalue weighted by molar-refractivity contribution is 5.86. The fourth-order valence-electron chi connectivity index (χ4n) is 3.14. The average Bonchev–Trinajstić information content (AvgIpc) is 2.93. The van der Waals surface area contributed by atoms with Crippen molar-refractivity contribution in [2.24, 2.45) is 10.4 Å². The second-order valence-electron chi connectivity index (χ2n) is 5.78. The van der Waals surface area contributed by atoms with Crippen LogP contribution >= 0.6 is 0 Å². The van der Waals surface area contributed by atoms with E-state index in [-0.39, 0.29) is 5.41 Å². The predicted octanol–water partition coefficient (Wildman–Crippen LogP) is 3.45. The molecule has 0 aromatic heterocycles. The topological polar surface area (TPSA) is 36.1 Å². The van der Waals surface area contributed by atoms with Gasteiger partial charge < -0.3 is 0 Å². The summed E-state index contributed by atoms with van der Waals surface area (Å²) in [5, 5.41) is 8.85. The quantitative estimate of drug-likeness (QED) is 0.735. The van der Waals surface area contributed by atoms with E-state index in [1.54, 1.807) is 0 Å². The molecule has 0 bridgehead atoms. The zero-order chi connectivity index (χ0) is 12.8. The average molecular weight is 236 g/mol. The minimum Gasteiger partial charge on any atom is -0.288 e. The molecule has 2 aliphatic rings. The first-order valence-corrected chi connectivity index (χ1v) is 6.35. The van der Waals surface area contributed by atoms with Gasteiger partial charge in [-0.3, -0.25) is 4.99 Å². The minimum absolute atomic E-state index is 0.254. The lowest BCUT2D eigenvalue weighted by Gasteiger charge is -2.22. The van der Waals surface area contributed by atoms with Gasteiger partial charge >= 0.3 is 0 Å².